The summed E-state index contributed by atoms with van der Waals surface area (Å²) >= 11 is 1.85. The van der Waals surface area contributed by atoms with Crippen molar-refractivity contribution < 1.29 is 9.53 Å². The molecule has 3 atom stereocenters. The molecule has 0 spiro atoms. The van der Waals surface area contributed by atoms with E-state index in [0.717, 1.165) is 32.4 Å². The molecule has 5 nitrogen and oxygen atoms in total. The molecule has 24 heavy (non-hydrogen) atoms. The van der Waals surface area contributed by atoms with Crippen LogP contribution in [0.1, 0.15) is 30.2 Å². The molecule has 1 aromatic heterocycles. The van der Waals surface area contributed by atoms with Crippen molar-refractivity contribution in [1.29, 1.82) is 0 Å². The van der Waals surface area contributed by atoms with Gasteiger partial charge in [-0.2, -0.15) is 0 Å². The SMILES string of the molecule is CC(CNC(=O)[C@@H]1CC[C@H](CN)O1)N1CCc2sccc2C1.Cl.Cl. The van der Waals surface area contributed by atoms with Crippen molar-refractivity contribution in [1.82, 2.24) is 10.2 Å². The van der Waals surface area contributed by atoms with Gasteiger partial charge in [-0.15, -0.1) is 36.2 Å². The van der Waals surface area contributed by atoms with E-state index in [1.807, 2.05) is 11.3 Å². The molecule has 3 heterocycles. The minimum absolute atomic E-state index is 0. The van der Waals surface area contributed by atoms with Gasteiger partial charge < -0.3 is 15.8 Å². The fraction of sp³-hybridized carbons (Fsp3) is 0.688. The lowest BCUT2D eigenvalue weighted by Crippen LogP contribution is -2.46. The molecular formula is C16H27Cl2N3O2S. The predicted octanol–water partition coefficient (Wildman–Crippen LogP) is 1.96. The number of halogens is 2. The number of hydrogen-bond acceptors (Lipinski definition) is 5. The third-order valence-electron chi connectivity index (χ3n) is 4.70. The number of carbonyl (C=O) groups is 1. The van der Waals surface area contributed by atoms with Crippen LogP contribution in [0.4, 0.5) is 0 Å². The lowest BCUT2D eigenvalue weighted by molar-refractivity contribution is -0.132. The van der Waals surface area contributed by atoms with Gasteiger partial charge in [-0.05, 0) is 43.2 Å². The third-order valence-corrected chi connectivity index (χ3v) is 5.72. The molecule has 0 radical (unpaired) electrons. The number of thiophene rings is 1. The van der Waals surface area contributed by atoms with Gasteiger partial charge in [0.05, 0.1) is 6.10 Å². The van der Waals surface area contributed by atoms with Crippen LogP contribution >= 0.6 is 36.2 Å². The summed E-state index contributed by atoms with van der Waals surface area (Å²) in [5.41, 5.74) is 7.03. The summed E-state index contributed by atoms with van der Waals surface area (Å²) in [5.74, 6) is 0.0102. The summed E-state index contributed by atoms with van der Waals surface area (Å²) in [6, 6.07) is 2.56. The number of rotatable bonds is 5. The van der Waals surface area contributed by atoms with Gasteiger partial charge in [-0.3, -0.25) is 9.69 Å². The first-order valence-corrected chi connectivity index (χ1v) is 8.98. The summed E-state index contributed by atoms with van der Waals surface area (Å²) in [6.45, 7) is 5.41. The second-order valence-electron chi connectivity index (χ2n) is 6.24. The monoisotopic (exact) mass is 395 g/mol. The Labute approximate surface area is 160 Å². The number of fused-ring (bicyclic) bond motifs is 1. The van der Waals surface area contributed by atoms with Crippen molar-refractivity contribution in [3.63, 3.8) is 0 Å². The summed E-state index contributed by atoms with van der Waals surface area (Å²) in [5, 5.41) is 5.21. The van der Waals surface area contributed by atoms with E-state index in [9.17, 15) is 4.79 Å². The highest BCUT2D eigenvalue weighted by Gasteiger charge is 2.30. The van der Waals surface area contributed by atoms with Gasteiger partial charge in [0.15, 0.2) is 0 Å². The molecule has 1 aromatic rings. The highest BCUT2D eigenvalue weighted by molar-refractivity contribution is 7.10. The third kappa shape index (κ3) is 5.07. The molecule has 8 heteroatoms. The van der Waals surface area contributed by atoms with E-state index in [0.29, 0.717) is 19.1 Å². The molecule has 138 valence electrons. The number of carbonyl (C=O) groups excluding carboxylic acids is 1. The fourth-order valence-corrected chi connectivity index (χ4v) is 4.10. The smallest absolute Gasteiger partial charge is 0.249 e. The summed E-state index contributed by atoms with van der Waals surface area (Å²) in [6.07, 6.45) is 2.52. The van der Waals surface area contributed by atoms with Gasteiger partial charge in [-0.1, -0.05) is 0 Å². The Hall–Kier alpha value is -0.370. The van der Waals surface area contributed by atoms with Crippen molar-refractivity contribution in [3.8, 4) is 0 Å². The average molecular weight is 396 g/mol. The highest BCUT2D eigenvalue weighted by atomic mass is 35.5. The Morgan fingerprint density at radius 2 is 2.29 bits per heavy atom. The van der Waals surface area contributed by atoms with Crippen molar-refractivity contribution in [2.45, 2.75) is 51.0 Å². The van der Waals surface area contributed by atoms with Gasteiger partial charge in [0.1, 0.15) is 6.10 Å². The Balaban J connectivity index is 0.00000144. The number of nitrogens with one attached hydrogen (secondary N) is 1. The molecule has 3 rings (SSSR count). The Kier molecular flexibility index (Phi) is 8.98. The maximum atomic E-state index is 12.2. The maximum Gasteiger partial charge on any atom is 0.249 e. The second kappa shape index (κ2) is 9.94. The molecule has 1 unspecified atom stereocenters. The van der Waals surface area contributed by atoms with Crippen molar-refractivity contribution in [3.05, 3.63) is 21.9 Å². The topological polar surface area (TPSA) is 67.6 Å². The summed E-state index contributed by atoms with van der Waals surface area (Å²) in [7, 11) is 0. The van der Waals surface area contributed by atoms with Crippen LogP contribution in [0.2, 0.25) is 0 Å². The van der Waals surface area contributed by atoms with E-state index in [2.05, 4.69) is 28.6 Å². The van der Waals surface area contributed by atoms with Gasteiger partial charge in [0, 0.05) is 37.1 Å². The minimum atomic E-state index is -0.314. The van der Waals surface area contributed by atoms with E-state index in [4.69, 9.17) is 10.5 Å². The van der Waals surface area contributed by atoms with E-state index in [-0.39, 0.29) is 42.9 Å². The fourth-order valence-electron chi connectivity index (χ4n) is 3.21. The Bertz CT molecular complexity index is 529. The number of nitrogens with zero attached hydrogens (tertiary/aromatic N) is 1. The average Bonchev–Trinajstić information content (AvgIpc) is 3.19. The Morgan fingerprint density at radius 3 is 3.00 bits per heavy atom. The molecule has 0 aromatic carbocycles. The highest BCUT2D eigenvalue weighted by Crippen LogP contribution is 2.25. The van der Waals surface area contributed by atoms with Crippen LogP contribution in [0.15, 0.2) is 11.4 Å². The molecule has 0 saturated carbocycles. The van der Waals surface area contributed by atoms with Crippen LogP contribution in [0.3, 0.4) is 0 Å². The van der Waals surface area contributed by atoms with Crippen LogP contribution in [-0.4, -0.2) is 48.7 Å². The van der Waals surface area contributed by atoms with Crippen molar-refractivity contribution >= 4 is 42.1 Å². The lowest BCUT2D eigenvalue weighted by Gasteiger charge is -2.32. The molecule has 1 saturated heterocycles. The lowest BCUT2D eigenvalue weighted by atomic mass is 10.1. The van der Waals surface area contributed by atoms with Crippen LogP contribution < -0.4 is 11.1 Å². The number of hydrogen-bond donors (Lipinski definition) is 2. The first-order valence-electron chi connectivity index (χ1n) is 8.10. The Morgan fingerprint density at radius 1 is 1.50 bits per heavy atom. The first-order chi connectivity index (χ1) is 10.7. The molecular weight excluding hydrogens is 369 g/mol. The van der Waals surface area contributed by atoms with Gasteiger partial charge in [0.2, 0.25) is 5.91 Å². The maximum absolute atomic E-state index is 12.2. The van der Waals surface area contributed by atoms with Gasteiger partial charge in [0.25, 0.3) is 0 Å². The van der Waals surface area contributed by atoms with E-state index in [1.165, 1.54) is 10.4 Å². The minimum Gasteiger partial charge on any atom is -0.364 e. The van der Waals surface area contributed by atoms with Gasteiger partial charge in [-0.25, -0.2) is 0 Å². The molecule has 3 N–H and O–H groups in total. The van der Waals surface area contributed by atoms with Crippen LogP contribution in [0.5, 0.6) is 0 Å². The van der Waals surface area contributed by atoms with Gasteiger partial charge >= 0.3 is 0 Å². The van der Waals surface area contributed by atoms with Crippen molar-refractivity contribution in [2.24, 2.45) is 5.73 Å². The van der Waals surface area contributed by atoms with E-state index < -0.39 is 0 Å². The zero-order valence-electron chi connectivity index (χ0n) is 13.9. The largest absolute Gasteiger partial charge is 0.364 e. The second-order valence-corrected chi connectivity index (χ2v) is 7.24. The van der Waals surface area contributed by atoms with Crippen LogP contribution in [0, 0.1) is 0 Å². The molecule has 2 aliphatic rings. The number of amides is 1. The van der Waals surface area contributed by atoms with Crippen molar-refractivity contribution in [2.75, 3.05) is 19.6 Å². The van der Waals surface area contributed by atoms with E-state index in [1.54, 1.807) is 0 Å². The normalized spacial score (nSPS) is 24.4. The molecule has 0 aliphatic carbocycles. The number of ether oxygens (including phenoxy) is 1. The quantitative estimate of drug-likeness (QED) is 0.799. The molecule has 0 bridgehead atoms. The zero-order chi connectivity index (χ0) is 15.5. The molecule has 1 amide bonds. The standard InChI is InChI=1S/C16H25N3O2S.2ClH/c1-11(19-6-4-15-12(10-19)5-7-22-15)9-18-16(20)14-3-2-13(8-17)21-14;;/h5,7,11,13-14H,2-4,6,8-10,17H2,1H3,(H,18,20);2*1H/t11?,13-,14+;;/m1../s1. The summed E-state index contributed by atoms with van der Waals surface area (Å²) in [4.78, 5) is 16.1. The molecule has 1 fully saturated rings. The molecule has 2 aliphatic heterocycles. The summed E-state index contributed by atoms with van der Waals surface area (Å²) < 4.78 is 5.64. The first kappa shape index (κ1) is 21.7. The van der Waals surface area contributed by atoms with E-state index >= 15 is 0 Å². The number of nitrogens with two attached hydrogens (primary N) is 1. The zero-order valence-corrected chi connectivity index (χ0v) is 16.4. The van der Waals surface area contributed by atoms with Crippen LogP contribution in [0.25, 0.3) is 0 Å². The predicted molar refractivity (Wildman–Crippen MR) is 102 cm³/mol. The van der Waals surface area contributed by atoms with Crippen LogP contribution in [-0.2, 0) is 22.5 Å².